The van der Waals surface area contributed by atoms with Crippen LogP contribution >= 0.6 is 31.9 Å². The molecule has 1 aromatic carbocycles. The Kier molecular flexibility index (Phi) is 5.18. The highest BCUT2D eigenvalue weighted by Gasteiger charge is 2.09. The van der Waals surface area contributed by atoms with Gasteiger partial charge in [0.15, 0.2) is 0 Å². The van der Waals surface area contributed by atoms with Gasteiger partial charge >= 0.3 is 0 Å². The van der Waals surface area contributed by atoms with Gasteiger partial charge in [-0.25, -0.2) is 0 Å². The van der Waals surface area contributed by atoms with Crippen molar-refractivity contribution in [2.45, 2.75) is 31.5 Å². The van der Waals surface area contributed by atoms with Crippen molar-refractivity contribution >= 4 is 31.9 Å². The van der Waals surface area contributed by atoms with E-state index < -0.39 is 0 Å². The molecule has 0 N–H and O–H groups in total. The van der Waals surface area contributed by atoms with E-state index in [2.05, 4.69) is 70.0 Å². The minimum absolute atomic E-state index is 0.620. The lowest BCUT2D eigenvalue weighted by Gasteiger charge is -2.13. The van der Waals surface area contributed by atoms with Gasteiger partial charge in [-0.2, -0.15) is 0 Å². The van der Waals surface area contributed by atoms with Crippen LogP contribution in [0.2, 0.25) is 0 Å². The Morgan fingerprint density at radius 1 is 1.21 bits per heavy atom. The first-order valence-corrected chi connectivity index (χ1v) is 6.69. The summed E-state index contributed by atoms with van der Waals surface area (Å²) in [5.41, 5.74) is 1.40. The minimum Gasteiger partial charge on any atom is -0.0888 e. The molecule has 0 aromatic heterocycles. The molecule has 0 saturated heterocycles. The van der Waals surface area contributed by atoms with Crippen molar-refractivity contribution in [3.05, 3.63) is 34.3 Å². The summed E-state index contributed by atoms with van der Waals surface area (Å²) < 4.78 is 1.23. The van der Waals surface area contributed by atoms with Crippen molar-refractivity contribution in [1.29, 1.82) is 0 Å². The number of alkyl halides is 1. The highest BCUT2D eigenvalue weighted by Crippen LogP contribution is 2.22. The molecule has 0 bridgehead atoms. The molecule has 1 aromatic rings. The Bertz CT molecular complexity index is 281. The first-order chi connectivity index (χ1) is 6.61. The van der Waals surface area contributed by atoms with Crippen molar-refractivity contribution in [1.82, 2.24) is 0 Å². The maximum atomic E-state index is 3.71. The second-order valence-corrected chi connectivity index (χ2v) is 5.92. The van der Waals surface area contributed by atoms with Gasteiger partial charge in [0.2, 0.25) is 0 Å². The van der Waals surface area contributed by atoms with Crippen LogP contribution in [0.15, 0.2) is 28.7 Å². The molecule has 0 aliphatic carbocycles. The van der Waals surface area contributed by atoms with E-state index in [-0.39, 0.29) is 0 Å². The van der Waals surface area contributed by atoms with Crippen molar-refractivity contribution in [2.75, 3.05) is 0 Å². The Morgan fingerprint density at radius 2 is 1.86 bits per heavy atom. The van der Waals surface area contributed by atoms with Crippen LogP contribution in [0, 0.1) is 5.92 Å². The smallest absolute Gasteiger partial charge is 0.0207 e. The van der Waals surface area contributed by atoms with Crippen LogP contribution in [0.4, 0.5) is 0 Å². The van der Waals surface area contributed by atoms with Gasteiger partial charge in [0, 0.05) is 9.30 Å². The molecule has 0 nitrogen and oxygen atoms in total. The molecule has 0 heterocycles. The van der Waals surface area contributed by atoms with Gasteiger partial charge in [0.25, 0.3) is 0 Å². The van der Waals surface area contributed by atoms with Gasteiger partial charge in [-0.3, -0.25) is 0 Å². The highest BCUT2D eigenvalue weighted by molar-refractivity contribution is 9.10. The van der Waals surface area contributed by atoms with Crippen LogP contribution in [-0.2, 0) is 6.42 Å². The van der Waals surface area contributed by atoms with E-state index in [1.807, 2.05) is 0 Å². The molecule has 0 saturated carbocycles. The normalized spacial score (nSPS) is 13.2. The fourth-order valence-corrected chi connectivity index (χ4v) is 2.04. The van der Waals surface area contributed by atoms with E-state index in [0.29, 0.717) is 10.7 Å². The maximum absolute atomic E-state index is 3.71. The second-order valence-electron chi connectivity index (χ2n) is 3.89. The van der Waals surface area contributed by atoms with Gasteiger partial charge in [-0.05, 0) is 30.4 Å². The summed E-state index contributed by atoms with van der Waals surface area (Å²) in [6.07, 6.45) is 2.33. The number of hydrogen-bond donors (Lipinski definition) is 0. The number of hydrogen-bond acceptors (Lipinski definition) is 0. The quantitative estimate of drug-likeness (QED) is 0.699. The molecule has 0 aliphatic rings. The Morgan fingerprint density at radius 3 is 2.43 bits per heavy atom. The van der Waals surface area contributed by atoms with Crippen molar-refractivity contribution in [2.24, 2.45) is 5.92 Å². The molecule has 2 heteroatoms. The summed E-state index contributed by atoms with van der Waals surface area (Å²) in [5, 5.41) is 0. The van der Waals surface area contributed by atoms with E-state index in [1.54, 1.807) is 0 Å². The van der Waals surface area contributed by atoms with E-state index in [4.69, 9.17) is 0 Å². The molecular weight excluding hydrogens is 304 g/mol. The second kappa shape index (κ2) is 5.92. The number of aryl methyl sites for hydroxylation is 1. The fourth-order valence-electron chi connectivity index (χ4n) is 1.33. The van der Waals surface area contributed by atoms with E-state index in [9.17, 15) is 0 Å². The Balaban J connectivity index is 2.50. The molecule has 14 heavy (non-hydrogen) atoms. The van der Waals surface area contributed by atoms with Crippen LogP contribution in [0.3, 0.4) is 0 Å². The third-order valence-electron chi connectivity index (χ3n) is 2.37. The van der Waals surface area contributed by atoms with Gasteiger partial charge in [0.05, 0.1) is 0 Å². The molecule has 0 amide bonds. The number of halogens is 2. The standard InChI is InChI=1S/C12H16Br2/c1-9(2)11(13)8-7-10-5-3-4-6-12(10)14/h3-6,9,11H,7-8H2,1-2H3. The lowest BCUT2D eigenvalue weighted by Crippen LogP contribution is -2.08. The Labute approximate surface area is 103 Å². The van der Waals surface area contributed by atoms with Gasteiger partial charge < -0.3 is 0 Å². The molecule has 0 fully saturated rings. The third-order valence-corrected chi connectivity index (χ3v) is 4.66. The summed E-state index contributed by atoms with van der Waals surface area (Å²) in [5.74, 6) is 0.706. The first-order valence-electron chi connectivity index (χ1n) is 4.98. The molecule has 0 spiro atoms. The highest BCUT2D eigenvalue weighted by atomic mass is 79.9. The predicted molar refractivity (Wildman–Crippen MR) is 70.0 cm³/mol. The SMILES string of the molecule is CC(C)C(Br)CCc1ccccc1Br. The molecule has 1 atom stereocenters. The Hall–Kier alpha value is 0.180. The van der Waals surface area contributed by atoms with Crippen LogP contribution in [0.25, 0.3) is 0 Å². The van der Waals surface area contributed by atoms with E-state index in [0.717, 1.165) is 6.42 Å². The fraction of sp³-hybridized carbons (Fsp3) is 0.500. The van der Waals surface area contributed by atoms with Gasteiger partial charge in [-0.1, -0.05) is 63.9 Å². The lowest BCUT2D eigenvalue weighted by molar-refractivity contribution is 0.581. The lowest BCUT2D eigenvalue weighted by atomic mass is 10.0. The zero-order chi connectivity index (χ0) is 10.6. The zero-order valence-electron chi connectivity index (χ0n) is 8.63. The van der Waals surface area contributed by atoms with E-state index in [1.165, 1.54) is 16.5 Å². The van der Waals surface area contributed by atoms with Crippen LogP contribution in [0.5, 0.6) is 0 Å². The molecule has 1 unspecified atom stereocenters. The van der Waals surface area contributed by atoms with Crippen molar-refractivity contribution in [3.8, 4) is 0 Å². The summed E-state index contributed by atoms with van der Waals surface area (Å²) in [6.45, 7) is 4.50. The average Bonchev–Trinajstić information content (AvgIpc) is 2.16. The van der Waals surface area contributed by atoms with E-state index >= 15 is 0 Å². The van der Waals surface area contributed by atoms with Crippen LogP contribution < -0.4 is 0 Å². The van der Waals surface area contributed by atoms with Crippen LogP contribution in [-0.4, -0.2) is 4.83 Å². The average molecular weight is 320 g/mol. The topological polar surface area (TPSA) is 0 Å². The molecule has 78 valence electrons. The largest absolute Gasteiger partial charge is 0.0888 e. The number of benzene rings is 1. The summed E-state index contributed by atoms with van der Waals surface area (Å²) in [6, 6.07) is 8.44. The van der Waals surface area contributed by atoms with Gasteiger partial charge in [-0.15, -0.1) is 0 Å². The predicted octanol–water partition coefficient (Wildman–Crippen LogP) is 4.80. The van der Waals surface area contributed by atoms with Crippen molar-refractivity contribution in [3.63, 3.8) is 0 Å². The summed E-state index contributed by atoms with van der Waals surface area (Å²) in [4.78, 5) is 0.620. The summed E-state index contributed by atoms with van der Waals surface area (Å²) in [7, 11) is 0. The van der Waals surface area contributed by atoms with Gasteiger partial charge in [0.1, 0.15) is 0 Å². The zero-order valence-corrected chi connectivity index (χ0v) is 11.8. The van der Waals surface area contributed by atoms with Crippen molar-refractivity contribution < 1.29 is 0 Å². The minimum atomic E-state index is 0.620. The molecule has 1 rings (SSSR count). The van der Waals surface area contributed by atoms with Crippen LogP contribution in [0.1, 0.15) is 25.8 Å². The third kappa shape index (κ3) is 3.74. The summed E-state index contributed by atoms with van der Waals surface area (Å²) >= 11 is 7.28. The maximum Gasteiger partial charge on any atom is 0.0207 e. The molecular formula is C12H16Br2. The monoisotopic (exact) mass is 318 g/mol. The molecule has 0 aliphatic heterocycles. The first kappa shape index (κ1) is 12.3. The molecule has 0 radical (unpaired) electrons. The number of rotatable bonds is 4.